The third-order valence-electron chi connectivity index (χ3n) is 3.83. The predicted octanol–water partition coefficient (Wildman–Crippen LogP) is 2.16. The number of nitrogens with one attached hydrogen (secondary N) is 1. The fourth-order valence-corrected chi connectivity index (χ4v) is 3.25. The lowest BCUT2D eigenvalue weighted by molar-refractivity contribution is 0.318. The average molecular weight is 279 g/mol. The van der Waals surface area contributed by atoms with E-state index in [0.29, 0.717) is 4.75 Å². The molecular formula is C14H21N3OS. The van der Waals surface area contributed by atoms with E-state index in [4.69, 9.17) is 10.9 Å². The third-order valence-corrected chi connectivity index (χ3v) is 5.25. The molecule has 0 aromatic heterocycles. The van der Waals surface area contributed by atoms with Gasteiger partial charge >= 0.3 is 0 Å². The number of oxime groups is 1. The molecule has 0 bridgehead atoms. The van der Waals surface area contributed by atoms with Crippen LogP contribution < -0.4 is 11.1 Å². The number of benzene rings is 1. The molecule has 0 spiro atoms. The first-order chi connectivity index (χ1) is 9.19. The molecule has 0 heterocycles. The number of hydrogen-bond donors (Lipinski definition) is 3. The Morgan fingerprint density at radius 2 is 2.11 bits per heavy atom. The van der Waals surface area contributed by atoms with E-state index in [9.17, 15) is 0 Å². The highest BCUT2D eigenvalue weighted by atomic mass is 32.2. The van der Waals surface area contributed by atoms with Crippen molar-refractivity contribution in [2.24, 2.45) is 10.9 Å². The van der Waals surface area contributed by atoms with Gasteiger partial charge in [-0.15, -0.1) is 0 Å². The van der Waals surface area contributed by atoms with Crippen molar-refractivity contribution in [3.63, 3.8) is 0 Å². The molecule has 5 heteroatoms. The molecule has 1 aliphatic carbocycles. The van der Waals surface area contributed by atoms with E-state index in [1.54, 1.807) is 0 Å². The SMILES string of the molecule is CSC1(CNCc2ccc(/C(N)=N/O)cc2)CCC1. The van der Waals surface area contributed by atoms with Crippen LogP contribution in [0.4, 0.5) is 0 Å². The Morgan fingerprint density at radius 3 is 2.58 bits per heavy atom. The molecule has 4 N–H and O–H groups in total. The lowest BCUT2D eigenvalue weighted by Crippen LogP contribution is -2.43. The van der Waals surface area contributed by atoms with Crippen molar-refractivity contribution < 1.29 is 5.21 Å². The molecule has 0 radical (unpaired) electrons. The molecule has 1 aromatic rings. The first kappa shape index (κ1) is 14.2. The summed E-state index contributed by atoms with van der Waals surface area (Å²) in [5.41, 5.74) is 7.48. The Kier molecular flexibility index (Phi) is 4.71. The molecule has 1 fully saturated rings. The summed E-state index contributed by atoms with van der Waals surface area (Å²) in [6, 6.07) is 7.76. The van der Waals surface area contributed by atoms with Crippen LogP contribution in [0.15, 0.2) is 29.4 Å². The van der Waals surface area contributed by atoms with Gasteiger partial charge in [-0.3, -0.25) is 0 Å². The lowest BCUT2D eigenvalue weighted by atomic mass is 9.84. The van der Waals surface area contributed by atoms with E-state index in [0.717, 1.165) is 18.7 Å². The van der Waals surface area contributed by atoms with E-state index < -0.39 is 0 Å². The summed E-state index contributed by atoms with van der Waals surface area (Å²) in [7, 11) is 0. The van der Waals surface area contributed by atoms with Crippen molar-refractivity contribution in [3.05, 3.63) is 35.4 Å². The van der Waals surface area contributed by atoms with Crippen LogP contribution in [0.5, 0.6) is 0 Å². The van der Waals surface area contributed by atoms with Crippen molar-refractivity contribution >= 4 is 17.6 Å². The standard InChI is InChI=1S/C14H21N3OS/c1-19-14(7-2-8-14)10-16-9-11-3-5-12(6-4-11)13(15)17-18/h3-6,16,18H,2,7-10H2,1H3,(H2,15,17). The number of amidine groups is 1. The Hall–Kier alpha value is -1.20. The first-order valence-corrected chi connectivity index (χ1v) is 7.74. The Balaban J connectivity index is 1.83. The topological polar surface area (TPSA) is 70.6 Å². The van der Waals surface area contributed by atoms with Gasteiger partial charge in [-0.2, -0.15) is 11.8 Å². The van der Waals surface area contributed by atoms with Gasteiger partial charge in [0.1, 0.15) is 0 Å². The summed E-state index contributed by atoms with van der Waals surface area (Å²) in [6.45, 7) is 1.93. The lowest BCUT2D eigenvalue weighted by Gasteiger charge is -2.40. The van der Waals surface area contributed by atoms with Crippen molar-refractivity contribution in [2.45, 2.75) is 30.6 Å². The maximum absolute atomic E-state index is 8.60. The zero-order valence-corrected chi connectivity index (χ0v) is 12.0. The Morgan fingerprint density at radius 1 is 1.42 bits per heavy atom. The average Bonchev–Trinajstić information content (AvgIpc) is 2.41. The number of hydrogen-bond acceptors (Lipinski definition) is 4. The first-order valence-electron chi connectivity index (χ1n) is 6.52. The zero-order chi connectivity index (χ0) is 13.7. The summed E-state index contributed by atoms with van der Waals surface area (Å²) >= 11 is 1.98. The van der Waals surface area contributed by atoms with Crippen molar-refractivity contribution in [1.29, 1.82) is 0 Å². The number of nitrogens with zero attached hydrogens (tertiary/aromatic N) is 1. The summed E-state index contributed by atoms with van der Waals surface area (Å²) in [6.07, 6.45) is 6.21. The zero-order valence-electron chi connectivity index (χ0n) is 11.2. The Labute approximate surface area is 118 Å². The second-order valence-electron chi connectivity index (χ2n) is 5.03. The second kappa shape index (κ2) is 6.30. The van der Waals surface area contributed by atoms with Gasteiger partial charge in [-0.1, -0.05) is 35.8 Å². The third kappa shape index (κ3) is 3.42. The minimum absolute atomic E-state index is 0.148. The minimum Gasteiger partial charge on any atom is -0.409 e. The van der Waals surface area contributed by atoms with Gasteiger partial charge in [-0.25, -0.2) is 0 Å². The molecule has 1 aliphatic rings. The highest BCUT2D eigenvalue weighted by Crippen LogP contribution is 2.42. The number of rotatable bonds is 6. The molecule has 0 aliphatic heterocycles. The van der Waals surface area contributed by atoms with Crippen LogP contribution in [0.2, 0.25) is 0 Å². The van der Waals surface area contributed by atoms with Crippen LogP contribution in [0.3, 0.4) is 0 Å². The maximum Gasteiger partial charge on any atom is 0.170 e. The molecule has 0 saturated heterocycles. The van der Waals surface area contributed by atoms with Gasteiger partial charge in [0.2, 0.25) is 0 Å². The van der Waals surface area contributed by atoms with Crippen LogP contribution in [-0.2, 0) is 6.54 Å². The summed E-state index contributed by atoms with van der Waals surface area (Å²) in [4.78, 5) is 0. The molecule has 1 saturated carbocycles. The predicted molar refractivity (Wildman–Crippen MR) is 80.8 cm³/mol. The van der Waals surface area contributed by atoms with Crippen LogP contribution in [-0.4, -0.2) is 28.6 Å². The fourth-order valence-electron chi connectivity index (χ4n) is 2.31. The van der Waals surface area contributed by atoms with Crippen LogP contribution in [0.1, 0.15) is 30.4 Å². The summed E-state index contributed by atoms with van der Waals surface area (Å²) in [5.74, 6) is 0.148. The molecule has 19 heavy (non-hydrogen) atoms. The highest BCUT2D eigenvalue weighted by Gasteiger charge is 2.35. The van der Waals surface area contributed by atoms with Crippen LogP contribution in [0.25, 0.3) is 0 Å². The van der Waals surface area contributed by atoms with Gasteiger partial charge in [0.05, 0.1) is 0 Å². The second-order valence-corrected chi connectivity index (χ2v) is 6.30. The smallest absolute Gasteiger partial charge is 0.170 e. The van der Waals surface area contributed by atoms with Gasteiger partial charge in [0.15, 0.2) is 5.84 Å². The molecule has 4 nitrogen and oxygen atoms in total. The van der Waals surface area contributed by atoms with Crippen LogP contribution in [0, 0.1) is 0 Å². The maximum atomic E-state index is 8.60. The highest BCUT2D eigenvalue weighted by molar-refractivity contribution is 8.00. The van der Waals surface area contributed by atoms with E-state index in [-0.39, 0.29) is 5.84 Å². The van der Waals surface area contributed by atoms with E-state index in [2.05, 4.69) is 16.7 Å². The van der Waals surface area contributed by atoms with Crippen molar-refractivity contribution in [3.8, 4) is 0 Å². The van der Waals surface area contributed by atoms with E-state index in [1.807, 2.05) is 36.0 Å². The number of thioether (sulfide) groups is 1. The summed E-state index contributed by atoms with van der Waals surface area (Å²) in [5, 5.41) is 15.1. The molecular weight excluding hydrogens is 258 g/mol. The van der Waals surface area contributed by atoms with E-state index in [1.165, 1.54) is 24.8 Å². The summed E-state index contributed by atoms with van der Waals surface area (Å²) < 4.78 is 0.466. The van der Waals surface area contributed by atoms with Crippen molar-refractivity contribution in [1.82, 2.24) is 5.32 Å². The van der Waals surface area contributed by atoms with Gasteiger partial charge in [0.25, 0.3) is 0 Å². The van der Waals surface area contributed by atoms with Crippen molar-refractivity contribution in [2.75, 3.05) is 12.8 Å². The molecule has 0 unspecified atom stereocenters. The van der Waals surface area contributed by atoms with Gasteiger partial charge in [-0.05, 0) is 24.7 Å². The largest absolute Gasteiger partial charge is 0.409 e. The molecule has 0 amide bonds. The molecule has 2 rings (SSSR count). The molecule has 104 valence electrons. The van der Waals surface area contributed by atoms with E-state index >= 15 is 0 Å². The minimum atomic E-state index is 0.148. The normalized spacial score (nSPS) is 18.1. The number of nitrogens with two attached hydrogens (primary N) is 1. The quantitative estimate of drug-likeness (QED) is 0.323. The molecule has 0 atom stereocenters. The van der Waals surface area contributed by atoms with Gasteiger partial charge in [0, 0.05) is 23.4 Å². The fraction of sp³-hybridized carbons (Fsp3) is 0.500. The van der Waals surface area contributed by atoms with Gasteiger partial charge < -0.3 is 16.3 Å². The Bertz CT molecular complexity index is 435. The van der Waals surface area contributed by atoms with Crippen LogP contribution >= 0.6 is 11.8 Å². The molecule has 1 aromatic carbocycles. The monoisotopic (exact) mass is 279 g/mol.